The van der Waals surface area contributed by atoms with Crippen molar-refractivity contribution in [1.29, 1.82) is 0 Å². The number of hydrogen-bond donors (Lipinski definition) is 1. The van der Waals surface area contributed by atoms with E-state index in [1.807, 2.05) is 0 Å². The molecular weight excluding hydrogens is 314 g/mol. The van der Waals surface area contributed by atoms with Gasteiger partial charge in [-0.05, 0) is 30.5 Å². The van der Waals surface area contributed by atoms with E-state index in [0.29, 0.717) is 12.0 Å². The molecule has 1 aromatic carbocycles. The average Bonchev–Trinajstić information content (AvgIpc) is 2.55. The third kappa shape index (κ3) is 6.83. The van der Waals surface area contributed by atoms with Crippen molar-refractivity contribution >= 4 is 0 Å². The molecule has 0 saturated carbocycles. The van der Waals surface area contributed by atoms with Gasteiger partial charge in [0.1, 0.15) is 11.6 Å². The lowest BCUT2D eigenvalue weighted by Gasteiger charge is -2.33. The molecule has 5 heteroatoms. The van der Waals surface area contributed by atoms with Crippen molar-refractivity contribution in [2.24, 2.45) is 5.92 Å². The Hall–Kier alpha value is -1.04. The van der Waals surface area contributed by atoms with Crippen molar-refractivity contribution in [1.82, 2.24) is 0 Å². The SMILES string of the molecule is CCCCCCCCC(Cc1cc(F)cc(F)c1)C(O)(OC)OC. The highest BCUT2D eigenvalue weighted by atomic mass is 19.1. The molecule has 0 fully saturated rings. The van der Waals surface area contributed by atoms with Crippen molar-refractivity contribution in [3.8, 4) is 0 Å². The van der Waals surface area contributed by atoms with Crippen molar-refractivity contribution in [3.63, 3.8) is 0 Å². The number of benzene rings is 1. The van der Waals surface area contributed by atoms with E-state index < -0.39 is 23.5 Å². The molecule has 1 aromatic rings. The summed E-state index contributed by atoms with van der Waals surface area (Å²) in [6, 6.07) is 3.40. The monoisotopic (exact) mass is 344 g/mol. The molecule has 0 aliphatic carbocycles. The van der Waals surface area contributed by atoms with Crippen LogP contribution in [0.4, 0.5) is 8.78 Å². The summed E-state index contributed by atoms with van der Waals surface area (Å²) >= 11 is 0. The first kappa shape index (κ1) is 21.0. The van der Waals surface area contributed by atoms with Crippen molar-refractivity contribution < 1.29 is 23.4 Å². The van der Waals surface area contributed by atoms with Gasteiger partial charge < -0.3 is 14.6 Å². The van der Waals surface area contributed by atoms with E-state index in [9.17, 15) is 13.9 Å². The maximum absolute atomic E-state index is 13.4. The van der Waals surface area contributed by atoms with Gasteiger partial charge in [-0.25, -0.2) is 8.78 Å². The fourth-order valence-corrected chi connectivity index (χ4v) is 3.01. The van der Waals surface area contributed by atoms with E-state index in [2.05, 4.69) is 6.92 Å². The minimum atomic E-state index is -1.76. The van der Waals surface area contributed by atoms with Gasteiger partial charge in [-0.1, -0.05) is 45.4 Å². The molecule has 0 radical (unpaired) electrons. The molecule has 1 atom stereocenters. The largest absolute Gasteiger partial charge is 0.343 e. The molecule has 0 saturated heterocycles. The van der Waals surface area contributed by atoms with Crippen molar-refractivity contribution in [2.45, 2.75) is 64.3 Å². The molecule has 1 unspecified atom stereocenters. The zero-order valence-corrected chi connectivity index (χ0v) is 15.0. The van der Waals surface area contributed by atoms with E-state index in [4.69, 9.17) is 9.47 Å². The van der Waals surface area contributed by atoms with Crippen LogP contribution in [0.5, 0.6) is 0 Å². The highest BCUT2D eigenvalue weighted by molar-refractivity contribution is 5.18. The molecular formula is C19H30F2O3. The summed E-state index contributed by atoms with van der Waals surface area (Å²) in [5.41, 5.74) is 0.482. The summed E-state index contributed by atoms with van der Waals surface area (Å²) in [6.07, 6.45) is 7.67. The quantitative estimate of drug-likeness (QED) is 0.437. The minimum absolute atomic E-state index is 0.280. The number of aliphatic hydroxyl groups is 1. The molecule has 3 nitrogen and oxygen atoms in total. The van der Waals surface area contributed by atoms with E-state index in [1.54, 1.807) is 0 Å². The van der Waals surface area contributed by atoms with Gasteiger partial charge in [-0.15, -0.1) is 0 Å². The fourth-order valence-electron chi connectivity index (χ4n) is 3.01. The van der Waals surface area contributed by atoms with E-state index >= 15 is 0 Å². The normalized spacial score (nSPS) is 13.2. The first-order chi connectivity index (χ1) is 11.4. The lowest BCUT2D eigenvalue weighted by atomic mass is 9.91. The topological polar surface area (TPSA) is 38.7 Å². The molecule has 0 bridgehead atoms. The van der Waals surface area contributed by atoms with Crippen LogP contribution in [-0.4, -0.2) is 25.3 Å². The Morgan fingerprint density at radius 3 is 2.04 bits per heavy atom. The Labute approximate surface area is 144 Å². The third-order valence-corrected chi connectivity index (χ3v) is 4.41. The summed E-state index contributed by atoms with van der Waals surface area (Å²) < 4.78 is 37.0. The third-order valence-electron chi connectivity index (χ3n) is 4.41. The molecule has 0 heterocycles. The first-order valence-electron chi connectivity index (χ1n) is 8.72. The van der Waals surface area contributed by atoms with Crippen LogP contribution < -0.4 is 0 Å². The van der Waals surface area contributed by atoms with Gasteiger partial charge in [0, 0.05) is 26.2 Å². The second kappa shape index (κ2) is 10.7. The van der Waals surface area contributed by atoms with Gasteiger partial charge in [0.25, 0.3) is 5.97 Å². The molecule has 1 rings (SSSR count). The lowest BCUT2D eigenvalue weighted by Crippen LogP contribution is -2.43. The lowest BCUT2D eigenvalue weighted by molar-refractivity contribution is -0.368. The van der Waals surface area contributed by atoms with Gasteiger partial charge in [0.15, 0.2) is 0 Å². The van der Waals surface area contributed by atoms with E-state index in [1.165, 1.54) is 45.6 Å². The summed E-state index contributed by atoms with van der Waals surface area (Å²) in [5.74, 6) is -3.41. The van der Waals surface area contributed by atoms with E-state index in [-0.39, 0.29) is 6.42 Å². The highest BCUT2D eigenvalue weighted by Crippen LogP contribution is 2.29. The molecule has 1 N–H and O–H groups in total. The molecule has 0 spiro atoms. The standard InChI is InChI=1S/C19H30F2O3/c1-4-5-6-7-8-9-10-16(19(22,23-2)24-3)11-15-12-17(20)14-18(21)13-15/h12-14,16,22H,4-11H2,1-3H3. The molecule has 24 heavy (non-hydrogen) atoms. The number of hydrogen-bond acceptors (Lipinski definition) is 3. The smallest absolute Gasteiger partial charge is 0.283 e. The molecule has 0 aliphatic heterocycles. The van der Waals surface area contributed by atoms with Crippen LogP contribution in [0.15, 0.2) is 18.2 Å². The zero-order valence-electron chi connectivity index (χ0n) is 15.0. The summed E-state index contributed by atoms with van der Waals surface area (Å²) in [6.45, 7) is 2.17. The minimum Gasteiger partial charge on any atom is -0.343 e. The molecule has 0 aromatic heterocycles. The van der Waals surface area contributed by atoms with Crippen LogP contribution in [0.1, 0.15) is 57.4 Å². The maximum atomic E-state index is 13.4. The second-order valence-corrected chi connectivity index (χ2v) is 6.27. The van der Waals surface area contributed by atoms with Crippen LogP contribution in [0.2, 0.25) is 0 Å². The number of unbranched alkanes of at least 4 members (excludes halogenated alkanes) is 5. The molecule has 138 valence electrons. The Kier molecular flexibility index (Phi) is 9.41. The Morgan fingerprint density at radius 1 is 0.958 bits per heavy atom. The predicted molar refractivity (Wildman–Crippen MR) is 90.5 cm³/mol. The second-order valence-electron chi connectivity index (χ2n) is 6.27. The predicted octanol–water partition coefficient (Wildman–Crippen LogP) is 4.81. The first-order valence-corrected chi connectivity index (χ1v) is 8.72. The Bertz CT molecular complexity index is 455. The van der Waals surface area contributed by atoms with Gasteiger partial charge in [0.05, 0.1) is 0 Å². The summed E-state index contributed by atoms with van der Waals surface area (Å²) in [7, 11) is 2.73. The number of rotatable bonds is 12. The summed E-state index contributed by atoms with van der Waals surface area (Å²) in [4.78, 5) is 0. The van der Waals surface area contributed by atoms with Crippen LogP contribution >= 0.6 is 0 Å². The Balaban J connectivity index is 2.71. The number of methoxy groups -OCH3 is 2. The Morgan fingerprint density at radius 2 is 1.50 bits per heavy atom. The van der Waals surface area contributed by atoms with Gasteiger partial charge in [-0.2, -0.15) is 0 Å². The summed E-state index contributed by atoms with van der Waals surface area (Å²) in [5, 5.41) is 10.5. The van der Waals surface area contributed by atoms with E-state index in [0.717, 1.165) is 25.3 Å². The molecule has 0 aliphatic rings. The average molecular weight is 344 g/mol. The van der Waals surface area contributed by atoms with Gasteiger partial charge in [0.2, 0.25) is 0 Å². The maximum Gasteiger partial charge on any atom is 0.283 e. The number of halogens is 2. The van der Waals surface area contributed by atoms with Crippen LogP contribution in [-0.2, 0) is 15.9 Å². The van der Waals surface area contributed by atoms with Crippen LogP contribution in [0.25, 0.3) is 0 Å². The van der Waals surface area contributed by atoms with Crippen molar-refractivity contribution in [3.05, 3.63) is 35.4 Å². The zero-order chi connectivity index (χ0) is 18.0. The van der Waals surface area contributed by atoms with Gasteiger partial charge in [-0.3, -0.25) is 0 Å². The fraction of sp³-hybridized carbons (Fsp3) is 0.684. The highest BCUT2D eigenvalue weighted by Gasteiger charge is 2.37. The van der Waals surface area contributed by atoms with Crippen molar-refractivity contribution in [2.75, 3.05) is 14.2 Å². The molecule has 0 amide bonds. The number of ether oxygens (including phenoxy) is 2. The van der Waals surface area contributed by atoms with Crippen LogP contribution in [0.3, 0.4) is 0 Å². The van der Waals surface area contributed by atoms with Crippen LogP contribution in [0, 0.1) is 17.6 Å². The van der Waals surface area contributed by atoms with Gasteiger partial charge >= 0.3 is 0 Å².